The zero-order valence-electron chi connectivity index (χ0n) is 13.2. The second-order valence-electron chi connectivity index (χ2n) is 5.22. The Bertz CT molecular complexity index is 939. The molecule has 0 atom stereocenters. The predicted molar refractivity (Wildman–Crippen MR) is 85.9 cm³/mol. The summed E-state index contributed by atoms with van der Waals surface area (Å²) in [7, 11) is 0. The Morgan fingerprint density at radius 3 is 2.68 bits per heavy atom. The lowest BCUT2D eigenvalue weighted by molar-refractivity contribution is -0.137. The third-order valence-electron chi connectivity index (χ3n) is 3.60. The highest BCUT2D eigenvalue weighted by Gasteiger charge is 2.34. The number of benzene rings is 1. The minimum absolute atomic E-state index is 0.0287. The molecule has 0 aliphatic carbocycles. The molecule has 3 rings (SSSR count). The Balaban J connectivity index is 2.32. The van der Waals surface area contributed by atoms with Gasteiger partial charge in [-0.15, -0.1) is 0 Å². The highest BCUT2D eigenvalue weighted by atomic mass is 19.4. The molecule has 2 heterocycles. The number of halogens is 3. The van der Waals surface area contributed by atoms with E-state index >= 15 is 0 Å². The van der Waals surface area contributed by atoms with E-state index in [1.54, 1.807) is 13.0 Å². The molecule has 0 aliphatic heterocycles. The van der Waals surface area contributed by atoms with Crippen LogP contribution in [-0.4, -0.2) is 22.5 Å². The van der Waals surface area contributed by atoms with Gasteiger partial charge < -0.3 is 4.74 Å². The average Bonchev–Trinajstić information content (AvgIpc) is 2.60. The number of pyridine rings is 2. The molecule has 0 spiro atoms. The van der Waals surface area contributed by atoms with Gasteiger partial charge in [-0.25, -0.2) is 9.78 Å². The summed E-state index contributed by atoms with van der Waals surface area (Å²) in [5.74, 6) is -0.729. The van der Waals surface area contributed by atoms with Crippen molar-refractivity contribution in [2.75, 3.05) is 6.61 Å². The molecule has 4 nitrogen and oxygen atoms in total. The van der Waals surface area contributed by atoms with Gasteiger partial charge in [0.05, 0.1) is 28.9 Å². The van der Waals surface area contributed by atoms with E-state index in [-0.39, 0.29) is 23.4 Å². The van der Waals surface area contributed by atoms with Crippen LogP contribution in [0.3, 0.4) is 0 Å². The van der Waals surface area contributed by atoms with Gasteiger partial charge in [0.25, 0.3) is 0 Å². The summed E-state index contributed by atoms with van der Waals surface area (Å²) in [6.07, 6.45) is -1.60. The summed E-state index contributed by atoms with van der Waals surface area (Å²) in [4.78, 5) is 20.5. The van der Waals surface area contributed by atoms with Crippen molar-refractivity contribution in [2.24, 2.45) is 0 Å². The highest BCUT2D eigenvalue weighted by molar-refractivity contribution is 6.00. The van der Waals surface area contributed by atoms with Crippen LogP contribution >= 0.6 is 0 Å². The number of hydrogen-bond acceptors (Lipinski definition) is 4. The van der Waals surface area contributed by atoms with E-state index in [1.165, 1.54) is 36.7 Å². The molecule has 0 radical (unpaired) electrons. The predicted octanol–water partition coefficient (Wildman–Crippen LogP) is 4.49. The highest BCUT2D eigenvalue weighted by Crippen LogP contribution is 2.38. The fourth-order valence-corrected chi connectivity index (χ4v) is 2.52. The Hall–Kier alpha value is -2.96. The fraction of sp³-hybridized carbons (Fsp3) is 0.167. The van der Waals surface area contributed by atoms with Gasteiger partial charge >= 0.3 is 12.1 Å². The van der Waals surface area contributed by atoms with Gasteiger partial charge in [0.2, 0.25) is 0 Å². The molecule has 0 aliphatic rings. The molecule has 3 aromatic rings. The number of alkyl halides is 3. The van der Waals surface area contributed by atoms with Gasteiger partial charge in [-0.2, -0.15) is 13.2 Å². The maximum absolute atomic E-state index is 13.4. The van der Waals surface area contributed by atoms with Crippen molar-refractivity contribution in [1.82, 2.24) is 9.97 Å². The van der Waals surface area contributed by atoms with Crippen molar-refractivity contribution < 1.29 is 22.7 Å². The van der Waals surface area contributed by atoms with Crippen molar-refractivity contribution in [3.8, 4) is 11.3 Å². The molecule has 0 amide bonds. The van der Waals surface area contributed by atoms with E-state index in [0.29, 0.717) is 10.9 Å². The standard InChI is InChI=1S/C18H13F3N2O2/c1-2-25-17(24)13-9-11-10-22-8-7-15(11)23-16(13)12-5-3-4-6-14(12)18(19,20)21/h3-10H,2H2,1H3. The van der Waals surface area contributed by atoms with Gasteiger partial charge in [-0.05, 0) is 25.1 Å². The molecule has 7 heteroatoms. The minimum atomic E-state index is -4.57. The smallest absolute Gasteiger partial charge is 0.417 e. The van der Waals surface area contributed by atoms with Crippen LogP contribution in [0.1, 0.15) is 22.8 Å². The zero-order valence-corrected chi connectivity index (χ0v) is 13.2. The summed E-state index contributed by atoms with van der Waals surface area (Å²) in [6.45, 7) is 1.72. The normalized spacial score (nSPS) is 11.5. The van der Waals surface area contributed by atoms with Crippen LogP contribution in [0.4, 0.5) is 13.2 Å². The lowest BCUT2D eigenvalue weighted by Crippen LogP contribution is -2.12. The average molecular weight is 346 g/mol. The lowest BCUT2D eigenvalue weighted by Gasteiger charge is -2.15. The quantitative estimate of drug-likeness (QED) is 0.656. The molecule has 0 N–H and O–H groups in total. The summed E-state index contributed by atoms with van der Waals surface area (Å²) in [5, 5.41) is 0.541. The first-order chi connectivity index (χ1) is 11.9. The first kappa shape index (κ1) is 16.9. The van der Waals surface area contributed by atoms with E-state index < -0.39 is 17.7 Å². The van der Waals surface area contributed by atoms with E-state index in [2.05, 4.69) is 9.97 Å². The van der Waals surface area contributed by atoms with Crippen molar-refractivity contribution >= 4 is 16.9 Å². The van der Waals surface area contributed by atoms with Crippen LogP contribution in [0.2, 0.25) is 0 Å². The second kappa shape index (κ2) is 6.51. The van der Waals surface area contributed by atoms with Gasteiger partial charge in [0.15, 0.2) is 0 Å². The van der Waals surface area contributed by atoms with Crippen molar-refractivity contribution in [1.29, 1.82) is 0 Å². The van der Waals surface area contributed by atoms with Gasteiger partial charge in [-0.3, -0.25) is 4.98 Å². The molecule has 25 heavy (non-hydrogen) atoms. The molecule has 0 saturated heterocycles. The minimum Gasteiger partial charge on any atom is -0.462 e. The van der Waals surface area contributed by atoms with Crippen molar-refractivity contribution in [2.45, 2.75) is 13.1 Å². The molecular formula is C18H13F3N2O2. The molecule has 0 bridgehead atoms. The zero-order chi connectivity index (χ0) is 18.0. The van der Waals surface area contributed by atoms with E-state index in [9.17, 15) is 18.0 Å². The third-order valence-corrected chi connectivity index (χ3v) is 3.60. The van der Waals surface area contributed by atoms with Crippen LogP contribution < -0.4 is 0 Å². The van der Waals surface area contributed by atoms with Crippen LogP contribution in [0.15, 0.2) is 48.8 Å². The first-order valence-electron chi connectivity index (χ1n) is 7.50. The molecule has 2 aromatic heterocycles. The molecule has 128 valence electrons. The Morgan fingerprint density at radius 2 is 1.96 bits per heavy atom. The molecule has 0 unspecified atom stereocenters. The SMILES string of the molecule is CCOC(=O)c1cc2cnccc2nc1-c1ccccc1C(F)(F)F. The second-order valence-corrected chi connectivity index (χ2v) is 5.22. The number of carbonyl (C=O) groups is 1. The fourth-order valence-electron chi connectivity index (χ4n) is 2.52. The Kier molecular flexibility index (Phi) is 4.39. The monoisotopic (exact) mass is 346 g/mol. The van der Waals surface area contributed by atoms with Crippen LogP contribution in [0, 0.1) is 0 Å². The topological polar surface area (TPSA) is 52.1 Å². The number of nitrogens with zero attached hydrogens (tertiary/aromatic N) is 2. The number of ether oxygens (including phenoxy) is 1. The van der Waals surface area contributed by atoms with E-state index in [1.807, 2.05) is 0 Å². The maximum Gasteiger partial charge on any atom is 0.417 e. The Labute approximate surface area is 141 Å². The van der Waals surface area contributed by atoms with Gasteiger partial charge in [-0.1, -0.05) is 18.2 Å². The van der Waals surface area contributed by atoms with Gasteiger partial charge in [0, 0.05) is 23.3 Å². The van der Waals surface area contributed by atoms with Crippen molar-refractivity contribution in [3.63, 3.8) is 0 Å². The van der Waals surface area contributed by atoms with Crippen LogP contribution in [0.25, 0.3) is 22.2 Å². The largest absolute Gasteiger partial charge is 0.462 e. The van der Waals surface area contributed by atoms with E-state index in [0.717, 1.165) is 6.07 Å². The Morgan fingerprint density at radius 1 is 1.20 bits per heavy atom. The first-order valence-corrected chi connectivity index (χ1v) is 7.50. The number of esters is 1. The van der Waals surface area contributed by atoms with Crippen molar-refractivity contribution in [3.05, 3.63) is 59.9 Å². The molecular weight excluding hydrogens is 333 g/mol. The number of rotatable bonds is 3. The van der Waals surface area contributed by atoms with Gasteiger partial charge in [0.1, 0.15) is 0 Å². The molecule has 1 aromatic carbocycles. The molecule has 0 saturated carbocycles. The maximum atomic E-state index is 13.4. The van der Waals surface area contributed by atoms with Crippen LogP contribution in [0.5, 0.6) is 0 Å². The number of fused-ring (bicyclic) bond motifs is 1. The number of hydrogen-bond donors (Lipinski definition) is 0. The summed E-state index contributed by atoms with van der Waals surface area (Å²) < 4.78 is 45.1. The third kappa shape index (κ3) is 3.31. The number of carbonyl (C=O) groups excluding carboxylic acids is 1. The summed E-state index contributed by atoms with van der Waals surface area (Å²) in [5.41, 5.74) is -0.683. The van der Waals surface area contributed by atoms with Crippen LogP contribution in [-0.2, 0) is 10.9 Å². The summed E-state index contributed by atoms with van der Waals surface area (Å²) in [6, 6.07) is 8.04. The number of aromatic nitrogens is 2. The van der Waals surface area contributed by atoms with E-state index in [4.69, 9.17) is 4.74 Å². The lowest BCUT2D eigenvalue weighted by atomic mass is 9.98. The summed E-state index contributed by atoms with van der Waals surface area (Å²) >= 11 is 0. The molecule has 0 fully saturated rings.